The van der Waals surface area contributed by atoms with Crippen LogP contribution in [0.15, 0.2) is 9.98 Å². The van der Waals surface area contributed by atoms with E-state index in [-0.39, 0.29) is 5.54 Å². The molecule has 0 aliphatic rings. The molecule has 0 unspecified atom stereocenters. The average Bonchev–Trinajstić information content (AvgIpc) is 1.83. The second kappa shape index (κ2) is 5.07. The smallest absolute Gasteiger partial charge is 0.0524 e. The molecule has 0 aliphatic carbocycles. The topological polar surface area (TPSA) is 24.7 Å². The Hall–Kier alpha value is -0.660. The minimum atomic E-state index is 0.0177. The Morgan fingerprint density at radius 3 is 2.17 bits per heavy atom. The van der Waals surface area contributed by atoms with Gasteiger partial charge in [-0.15, -0.1) is 0 Å². The molecule has 0 atom stereocenters. The molecular weight excluding hydrogens is 148 g/mol. The fraction of sp³-hybridized carbons (Fsp3) is 0.800. The van der Waals surface area contributed by atoms with Crippen molar-refractivity contribution in [1.29, 1.82) is 0 Å². The zero-order valence-corrected chi connectivity index (χ0v) is 8.83. The molecule has 12 heavy (non-hydrogen) atoms. The number of aliphatic imine (C=N–C) groups is 2. The first kappa shape index (κ1) is 11.3. The lowest BCUT2D eigenvalue weighted by Gasteiger charge is -2.09. The zero-order chi connectivity index (χ0) is 9.61. The molecule has 0 spiro atoms. The average molecular weight is 168 g/mol. The van der Waals surface area contributed by atoms with Crippen molar-refractivity contribution in [3.63, 3.8) is 0 Å². The number of hydrogen-bond donors (Lipinski definition) is 0. The number of hydrogen-bond acceptors (Lipinski definition) is 2. The minimum absolute atomic E-state index is 0.0177. The first-order valence-corrected chi connectivity index (χ1v) is 4.45. The maximum Gasteiger partial charge on any atom is 0.0524 e. The lowest BCUT2D eigenvalue weighted by Crippen LogP contribution is -2.09. The molecule has 0 fully saturated rings. The number of rotatable bonds is 3. The van der Waals surface area contributed by atoms with Crippen LogP contribution in [0.5, 0.6) is 0 Å². The molecule has 2 nitrogen and oxygen atoms in total. The summed E-state index contributed by atoms with van der Waals surface area (Å²) < 4.78 is 0. The Kier molecular flexibility index (Phi) is 4.79. The highest BCUT2D eigenvalue weighted by molar-refractivity contribution is 6.16. The minimum Gasteiger partial charge on any atom is -0.291 e. The van der Waals surface area contributed by atoms with Crippen LogP contribution >= 0.6 is 0 Å². The van der Waals surface area contributed by atoms with E-state index in [0.717, 1.165) is 6.54 Å². The zero-order valence-electron chi connectivity index (χ0n) is 8.83. The van der Waals surface area contributed by atoms with Gasteiger partial charge in [-0.1, -0.05) is 13.8 Å². The second-order valence-corrected chi connectivity index (χ2v) is 4.36. The standard InChI is InChI=1S/C10H20N2/c1-9(2)8-11-6-7-12-10(3,4)5/h6-7,9H,8H2,1-5H3/b11-6+,12-7+. The summed E-state index contributed by atoms with van der Waals surface area (Å²) in [6.45, 7) is 11.4. The van der Waals surface area contributed by atoms with Gasteiger partial charge in [-0.3, -0.25) is 9.98 Å². The van der Waals surface area contributed by atoms with Crippen molar-refractivity contribution < 1.29 is 0 Å². The summed E-state index contributed by atoms with van der Waals surface area (Å²) in [5.74, 6) is 0.629. The normalized spacial score (nSPS) is 13.8. The van der Waals surface area contributed by atoms with Crippen molar-refractivity contribution in [2.24, 2.45) is 15.9 Å². The first-order chi connectivity index (χ1) is 5.42. The van der Waals surface area contributed by atoms with E-state index in [1.165, 1.54) is 0 Å². The van der Waals surface area contributed by atoms with Crippen molar-refractivity contribution in [3.8, 4) is 0 Å². The fourth-order valence-corrected chi connectivity index (χ4v) is 0.576. The predicted octanol–water partition coefficient (Wildman–Crippen LogP) is 2.58. The van der Waals surface area contributed by atoms with Crippen LogP contribution in [0.4, 0.5) is 0 Å². The van der Waals surface area contributed by atoms with Gasteiger partial charge in [0, 0.05) is 19.0 Å². The van der Waals surface area contributed by atoms with E-state index >= 15 is 0 Å². The summed E-state index contributed by atoms with van der Waals surface area (Å²) in [4.78, 5) is 8.48. The predicted molar refractivity (Wildman–Crippen MR) is 56.4 cm³/mol. The van der Waals surface area contributed by atoms with E-state index in [1.807, 2.05) is 0 Å². The van der Waals surface area contributed by atoms with E-state index < -0.39 is 0 Å². The molecule has 0 bridgehead atoms. The molecule has 0 rings (SSSR count). The van der Waals surface area contributed by atoms with Gasteiger partial charge in [-0.2, -0.15) is 0 Å². The second-order valence-electron chi connectivity index (χ2n) is 4.36. The van der Waals surface area contributed by atoms with Crippen molar-refractivity contribution >= 4 is 12.4 Å². The van der Waals surface area contributed by atoms with Crippen LogP contribution in [-0.4, -0.2) is 24.5 Å². The summed E-state index contributed by atoms with van der Waals surface area (Å²) in [5, 5.41) is 0. The molecule has 70 valence electrons. The maximum atomic E-state index is 4.28. The Bertz CT molecular complexity index is 161. The van der Waals surface area contributed by atoms with Gasteiger partial charge in [0.2, 0.25) is 0 Å². The molecule has 0 aromatic rings. The molecule has 0 amide bonds. The molecular formula is C10H20N2. The summed E-state index contributed by atoms with van der Waals surface area (Å²) in [7, 11) is 0. The summed E-state index contributed by atoms with van der Waals surface area (Å²) >= 11 is 0. The van der Waals surface area contributed by atoms with Gasteiger partial charge in [0.15, 0.2) is 0 Å². The Labute approximate surface area is 75.8 Å². The van der Waals surface area contributed by atoms with Gasteiger partial charge in [-0.25, -0.2) is 0 Å². The Morgan fingerprint density at radius 2 is 1.75 bits per heavy atom. The summed E-state index contributed by atoms with van der Waals surface area (Å²) in [6, 6.07) is 0. The van der Waals surface area contributed by atoms with Gasteiger partial charge in [0.05, 0.1) is 5.54 Å². The van der Waals surface area contributed by atoms with E-state index in [9.17, 15) is 0 Å². The highest BCUT2D eigenvalue weighted by Gasteiger charge is 2.03. The molecule has 0 saturated carbocycles. The van der Waals surface area contributed by atoms with Crippen LogP contribution in [0, 0.1) is 5.92 Å². The third-order valence-electron chi connectivity index (χ3n) is 1.10. The van der Waals surface area contributed by atoms with Crippen LogP contribution in [-0.2, 0) is 0 Å². The molecule has 0 aromatic heterocycles. The third kappa shape index (κ3) is 9.34. The quantitative estimate of drug-likeness (QED) is 0.579. The SMILES string of the molecule is CC(C)C/N=C/C=N/C(C)(C)C. The van der Waals surface area contributed by atoms with E-state index in [4.69, 9.17) is 0 Å². The van der Waals surface area contributed by atoms with Crippen molar-refractivity contribution in [2.45, 2.75) is 40.2 Å². The third-order valence-corrected chi connectivity index (χ3v) is 1.10. The van der Waals surface area contributed by atoms with Crippen LogP contribution in [0.1, 0.15) is 34.6 Å². The van der Waals surface area contributed by atoms with Crippen LogP contribution in [0.2, 0.25) is 0 Å². The van der Waals surface area contributed by atoms with Gasteiger partial charge in [-0.05, 0) is 26.7 Å². The van der Waals surface area contributed by atoms with E-state index in [1.54, 1.807) is 12.4 Å². The van der Waals surface area contributed by atoms with Crippen LogP contribution < -0.4 is 0 Å². The summed E-state index contributed by atoms with van der Waals surface area (Å²) in [6.07, 6.45) is 3.56. The van der Waals surface area contributed by atoms with Gasteiger partial charge in [0.25, 0.3) is 0 Å². The lowest BCUT2D eigenvalue weighted by atomic mass is 10.1. The van der Waals surface area contributed by atoms with Crippen molar-refractivity contribution in [3.05, 3.63) is 0 Å². The van der Waals surface area contributed by atoms with Crippen molar-refractivity contribution in [2.75, 3.05) is 6.54 Å². The lowest BCUT2D eigenvalue weighted by molar-refractivity contribution is 0.587. The van der Waals surface area contributed by atoms with Gasteiger partial charge in [0.1, 0.15) is 0 Å². The molecule has 0 saturated heterocycles. The maximum absolute atomic E-state index is 4.28. The van der Waals surface area contributed by atoms with Gasteiger partial charge >= 0.3 is 0 Å². The summed E-state index contributed by atoms with van der Waals surface area (Å²) in [5.41, 5.74) is 0.0177. The monoisotopic (exact) mass is 168 g/mol. The highest BCUT2D eigenvalue weighted by Crippen LogP contribution is 2.03. The largest absolute Gasteiger partial charge is 0.291 e. The molecule has 2 heteroatoms. The van der Waals surface area contributed by atoms with Crippen molar-refractivity contribution in [1.82, 2.24) is 0 Å². The van der Waals surface area contributed by atoms with Gasteiger partial charge < -0.3 is 0 Å². The first-order valence-electron chi connectivity index (χ1n) is 4.45. The Morgan fingerprint density at radius 1 is 1.17 bits per heavy atom. The van der Waals surface area contributed by atoms with E-state index in [2.05, 4.69) is 44.6 Å². The molecule has 0 heterocycles. The highest BCUT2D eigenvalue weighted by atomic mass is 14.8. The molecule has 0 radical (unpaired) electrons. The molecule has 0 aliphatic heterocycles. The fourth-order valence-electron chi connectivity index (χ4n) is 0.576. The van der Waals surface area contributed by atoms with E-state index in [0.29, 0.717) is 5.92 Å². The molecule has 0 N–H and O–H groups in total. The number of nitrogens with zero attached hydrogens (tertiary/aromatic N) is 2. The van der Waals surface area contributed by atoms with Crippen LogP contribution in [0.3, 0.4) is 0 Å². The Balaban J connectivity index is 3.67. The molecule has 0 aromatic carbocycles. The van der Waals surface area contributed by atoms with Crippen LogP contribution in [0.25, 0.3) is 0 Å².